The van der Waals surface area contributed by atoms with Crippen molar-refractivity contribution in [2.45, 2.75) is 20.1 Å². The summed E-state index contributed by atoms with van der Waals surface area (Å²) >= 11 is 0. The number of likely N-dealkylation sites (tertiary alicyclic amines) is 1. The molecule has 0 amide bonds. The molecule has 7 nitrogen and oxygen atoms in total. The van der Waals surface area contributed by atoms with E-state index in [4.69, 9.17) is 4.98 Å². The van der Waals surface area contributed by atoms with Crippen LogP contribution in [-0.4, -0.2) is 55.5 Å². The zero-order valence-electron chi connectivity index (χ0n) is 19.3. The molecule has 34 heavy (non-hydrogen) atoms. The van der Waals surface area contributed by atoms with E-state index in [1.54, 1.807) is 12.1 Å². The van der Waals surface area contributed by atoms with Crippen LogP contribution in [0.15, 0.2) is 54.7 Å². The Morgan fingerprint density at radius 1 is 0.912 bits per heavy atom. The largest absolute Gasteiger partial charge is 0.372 e. The minimum Gasteiger partial charge on any atom is -0.372 e. The molecule has 1 aromatic carbocycles. The highest BCUT2D eigenvalue weighted by molar-refractivity contribution is 5.67. The van der Waals surface area contributed by atoms with E-state index in [2.05, 4.69) is 19.8 Å². The third-order valence-corrected chi connectivity index (χ3v) is 7.03. The minimum atomic E-state index is -0.837. The molecule has 2 fully saturated rings. The lowest BCUT2D eigenvalue weighted by Gasteiger charge is -2.25. The van der Waals surface area contributed by atoms with Gasteiger partial charge >= 0.3 is 0 Å². The van der Waals surface area contributed by atoms with E-state index >= 15 is 0 Å². The van der Waals surface area contributed by atoms with Crippen LogP contribution in [-0.2, 0) is 0 Å². The highest BCUT2D eigenvalue weighted by Gasteiger charge is 2.43. The Balaban J connectivity index is 1.26. The van der Waals surface area contributed by atoms with Crippen LogP contribution < -0.4 is 4.90 Å². The number of nitrogens with zero attached hydrogens (tertiary/aromatic N) is 6. The number of hydrogen-bond donors (Lipinski definition) is 1. The monoisotopic (exact) mass is 458 g/mol. The van der Waals surface area contributed by atoms with Gasteiger partial charge in [-0.15, -0.1) is 0 Å². The molecule has 0 bridgehead atoms. The molecule has 0 spiro atoms. The fraction of sp³-hybridized carbons (Fsp3) is 0.346. The van der Waals surface area contributed by atoms with Gasteiger partial charge in [0, 0.05) is 49.3 Å². The summed E-state index contributed by atoms with van der Waals surface area (Å²) < 4.78 is 15.5. The van der Waals surface area contributed by atoms with Gasteiger partial charge in [-0.1, -0.05) is 6.07 Å². The second-order valence-corrected chi connectivity index (χ2v) is 9.48. The average Bonchev–Trinajstić information content (AvgIpc) is 3.50. The van der Waals surface area contributed by atoms with Crippen molar-refractivity contribution >= 4 is 11.6 Å². The standard InChI is InChI=1S/C26H27FN6O/c1-16-11-17(2)29-26(28-16)32-14-19-12-31(13-20(19)15-32)25(34)23-24(18-6-8-21(27)9-7-18)33-10-4-3-5-22(33)30-23/h3-11,19-20,25,34H,12-15H2,1-2H3. The van der Waals surface area contributed by atoms with Gasteiger partial charge in [-0.05, 0) is 68.1 Å². The summed E-state index contributed by atoms with van der Waals surface area (Å²) in [5, 5.41) is 11.5. The summed E-state index contributed by atoms with van der Waals surface area (Å²) in [6, 6.07) is 14.1. The predicted molar refractivity (Wildman–Crippen MR) is 128 cm³/mol. The van der Waals surface area contributed by atoms with E-state index in [1.165, 1.54) is 12.1 Å². The normalized spacial score (nSPS) is 21.4. The van der Waals surface area contributed by atoms with Gasteiger partial charge in [0.25, 0.3) is 0 Å². The number of rotatable bonds is 4. The van der Waals surface area contributed by atoms with Crippen LogP contribution in [0.1, 0.15) is 23.3 Å². The number of imidazole rings is 1. The quantitative estimate of drug-likeness (QED) is 0.504. The topological polar surface area (TPSA) is 69.8 Å². The number of hydrogen-bond acceptors (Lipinski definition) is 6. The predicted octanol–water partition coefficient (Wildman–Crippen LogP) is 3.61. The average molecular weight is 459 g/mol. The van der Waals surface area contributed by atoms with Crippen LogP contribution >= 0.6 is 0 Å². The van der Waals surface area contributed by atoms with E-state index in [9.17, 15) is 9.50 Å². The second-order valence-electron chi connectivity index (χ2n) is 9.48. The number of aromatic nitrogens is 4. The van der Waals surface area contributed by atoms with Crippen molar-refractivity contribution in [2.75, 3.05) is 31.1 Å². The Morgan fingerprint density at radius 2 is 1.59 bits per heavy atom. The Hall–Kier alpha value is -3.36. The fourth-order valence-corrected chi connectivity index (χ4v) is 5.50. The van der Waals surface area contributed by atoms with Gasteiger partial charge in [-0.25, -0.2) is 19.3 Å². The highest BCUT2D eigenvalue weighted by Crippen LogP contribution is 2.38. The third kappa shape index (κ3) is 3.63. The van der Waals surface area contributed by atoms with Crippen LogP contribution in [0.2, 0.25) is 0 Å². The molecule has 2 saturated heterocycles. The molecular formula is C26H27FN6O. The second kappa shape index (κ2) is 8.14. The number of pyridine rings is 1. The van der Waals surface area contributed by atoms with Crippen molar-refractivity contribution < 1.29 is 9.50 Å². The zero-order valence-corrected chi connectivity index (χ0v) is 19.3. The van der Waals surface area contributed by atoms with E-state index < -0.39 is 6.23 Å². The molecule has 4 aromatic rings. The molecule has 2 aliphatic heterocycles. The first-order chi connectivity index (χ1) is 16.5. The van der Waals surface area contributed by atoms with Crippen molar-refractivity contribution in [3.05, 3.63) is 77.6 Å². The zero-order chi connectivity index (χ0) is 23.4. The van der Waals surface area contributed by atoms with Gasteiger partial charge in [-0.2, -0.15) is 0 Å². The number of aliphatic hydroxyl groups excluding tert-OH is 1. The maximum Gasteiger partial charge on any atom is 0.225 e. The summed E-state index contributed by atoms with van der Waals surface area (Å²) in [7, 11) is 0. The Morgan fingerprint density at radius 3 is 2.26 bits per heavy atom. The Labute approximate surface area is 197 Å². The molecule has 8 heteroatoms. The molecule has 1 N–H and O–H groups in total. The molecule has 6 rings (SSSR count). The van der Waals surface area contributed by atoms with E-state index in [-0.39, 0.29) is 5.82 Å². The lowest BCUT2D eigenvalue weighted by molar-refractivity contribution is 0.0116. The van der Waals surface area contributed by atoms with Gasteiger partial charge in [0.15, 0.2) is 6.23 Å². The molecule has 0 saturated carbocycles. The number of aliphatic hydroxyl groups is 1. The first kappa shape index (κ1) is 21.2. The highest BCUT2D eigenvalue weighted by atomic mass is 19.1. The number of fused-ring (bicyclic) bond motifs is 2. The maximum absolute atomic E-state index is 13.6. The SMILES string of the molecule is Cc1cc(C)nc(N2CC3CN(C(O)c4nc5ccccn5c4-c4ccc(F)cc4)CC3C2)n1. The fourth-order valence-electron chi connectivity index (χ4n) is 5.50. The smallest absolute Gasteiger partial charge is 0.225 e. The van der Waals surface area contributed by atoms with Gasteiger partial charge in [0.2, 0.25) is 5.95 Å². The third-order valence-electron chi connectivity index (χ3n) is 7.03. The van der Waals surface area contributed by atoms with Crippen LogP contribution in [0, 0.1) is 31.5 Å². The van der Waals surface area contributed by atoms with E-state index in [0.717, 1.165) is 60.4 Å². The molecule has 3 unspecified atom stereocenters. The summed E-state index contributed by atoms with van der Waals surface area (Å²) in [6.07, 6.45) is 1.09. The molecule has 0 aliphatic carbocycles. The first-order valence-corrected chi connectivity index (χ1v) is 11.7. The first-order valence-electron chi connectivity index (χ1n) is 11.7. The van der Waals surface area contributed by atoms with E-state index in [1.807, 2.05) is 48.7 Å². The number of halogens is 1. The molecule has 0 radical (unpaired) electrons. The van der Waals surface area contributed by atoms with E-state index in [0.29, 0.717) is 17.5 Å². The molecule has 3 atom stereocenters. The number of aryl methyl sites for hydroxylation is 2. The maximum atomic E-state index is 13.6. The summed E-state index contributed by atoms with van der Waals surface area (Å²) in [6.45, 7) is 7.33. The van der Waals surface area contributed by atoms with Crippen molar-refractivity contribution in [2.24, 2.45) is 11.8 Å². The van der Waals surface area contributed by atoms with Crippen molar-refractivity contribution in [1.82, 2.24) is 24.3 Å². The van der Waals surface area contributed by atoms with Crippen molar-refractivity contribution in [3.63, 3.8) is 0 Å². The van der Waals surface area contributed by atoms with Crippen LogP contribution in [0.25, 0.3) is 16.9 Å². The minimum absolute atomic E-state index is 0.288. The lowest BCUT2D eigenvalue weighted by Crippen LogP contribution is -2.32. The van der Waals surface area contributed by atoms with Crippen molar-refractivity contribution in [3.8, 4) is 11.3 Å². The molecule has 174 valence electrons. The lowest BCUT2D eigenvalue weighted by atomic mass is 10.0. The van der Waals surface area contributed by atoms with Crippen molar-refractivity contribution in [1.29, 1.82) is 0 Å². The Kier molecular flexibility index (Phi) is 5.08. The van der Waals surface area contributed by atoms with Crippen LogP contribution in [0.4, 0.5) is 10.3 Å². The molecule has 5 heterocycles. The van der Waals surface area contributed by atoms with Crippen LogP contribution in [0.3, 0.4) is 0 Å². The summed E-state index contributed by atoms with van der Waals surface area (Å²) in [5.41, 5.74) is 4.95. The van der Waals surface area contributed by atoms with Gasteiger partial charge < -0.3 is 10.0 Å². The molecule has 3 aromatic heterocycles. The summed E-state index contributed by atoms with van der Waals surface area (Å²) in [4.78, 5) is 18.4. The molecular weight excluding hydrogens is 431 g/mol. The number of benzene rings is 1. The van der Waals surface area contributed by atoms with Gasteiger partial charge in [0.1, 0.15) is 17.2 Å². The Bertz CT molecular complexity index is 1320. The summed E-state index contributed by atoms with van der Waals surface area (Å²) in [5.74, 6) is 1.39. The number of anilines is 1. The van der Waals surface area contributed by atoms with Crippen LogP contribution in [0.5, 0.6) is 0 Å². The van der Waals surface area contributed by atoms with Gasteiger partial charge in [-0.3, -0.25) is 9.30 Å². The molecule has 2 aliphatic rings. The van der Waals surface area contributed by atoms with Gasteiger partial charge in [0.05, 0.1) is 5.69 Å².